The predicted molar refractivity (Wildman–Crippen MR) is 92.8 cm³/mol. The summed E-state index contributed by atoms with van der Waals surface area (Å²) in [5, 5.41) is 11.1. The molecule has 1 heterocycles. The van der Waals surface area contributed by atoms with Gasteiger partial charge in [-0.25, -0.2) is 4.79 Å². The monoisotopic (exact) mass is 348 g/mol. The number of benzene rings is 1. The van der Waals surface area contributed by atoms with E-state index in [0.717, 1.165) is 15.5 Å². The van der Waals surface area contributed by atoms with Crippen LogP contribution >= 0.6 is 11.8 Å². The number of hydrogen-bond donors (Lipinski definition) is 0. The van der Waals surface area contributed by atoms with Gasteiger partial charge in [-0.1, -0.05) is 11.8 Å². The van der Waals surface area contributed by atoms with Crippen molar-refractivity contribution in [2.45, 2.75) is 37.5 Å². The highest BCUT2D eigenvalue weighted by Gasteiger charge is 2.19. The lowest BCUT2D eigenvalue weighted by atomic mass is 10.1. The average Bonchev–Trinajstić information content (AvgIpc) is 2.75. The molecule has 0 amide bonds. The molecule has 7 heteroatoms. The molecule has 1 aromatic heterocycles. The van der Waals surface area contributed by atoms with Crippen LogP contribution in [0, 0.1) is 30.9 Å². The summed E-state index contributed by atoms with van der Waals surface area (Å²) in [6, 6.07) is 5.39. The smallest absolute Gasteiger partial charge is 0.354 e. The Morgan fingerprint density at radius 2 is 1.83 bits per heavy atom. The fraction of sp³-hybridized carbons (Fsp3) is 0.353. The number of aromatic nitrogens is 1. The molecule has 0 N–H and O–H groups in total. The Balaban J connectivity index is 2.37. The summed E-state index contributed by atoms with van der Waals surface area (Å²) in [6.45, 7) is 7.49. The van der Waals surface area contributed by atoms with Gasteiger partial charge < -0.3 is 9.30 Å². The minimum Gasteiger partial charge on any atom is -0.461 e. The molecule has 0 saturated heterocycles. The topological polar surface area (TPSA) is 74.4 Å². The Morgan fingerprint density at radius 1 is 1.25 bits per heavy atom. The van der Waals surface area contributed by atoms with Crippen LogP contribution in [0.15, 0.2) is 28.0 Å². The maximum absolute atomic E-state index is 12.0. The summed E-state index contributed by atoms with van der Waals surface area (Å²) >= 11 is 1.48. The summed E-state index contributed by atoms with van der Waals surface area (Å²) in [5.41, 5.74) is 2.84. The molecule has 0 aliphatic heterocycles. The molecule has 128 valence electrons. The molecule has 1 aromatic carbocycles. The van der Waals surface area contributed by atoms with Gasteiger partial charge in [0.15, 0.2) is 0 Å². The summed E-state index contributed by atoms with van der Waals surface area (Å²) in [5.74, 6) is -0.356. The van der Waals surface area contributed by atoms with E-state index in [9.17, 15) is 14.9 Å². The number of nitro groups is 1. The standard InChI is InChI=1S/C17H20N2O4S/c1-6-23-17(20)14-9-15(12(4)18(14)5)24-13-7-10(2)16(19(21)22)11(3)8-13/h7-9H,6H2,1-5H3. The lowest BCUT2D eigenvalue weighted by molar-refractivity contribution is -0.386. The van der Waals surface area contributed by atoms with Gasteiger partial charge in [0.1, 0.15) is 5.69 Å². The molecule has 0 bridgehead atoms. The van der Waals surface area contributed by atoms with Crippen molar-refractivity contribution in [2.75, 3.05) is 6.61 Å². The lowest BCUT2D eigenvalue weighted by Crippen LogP contribution is -2.10. The second-order valence-corrected chi connectivity index (χ2v) is 6.64. The molecular formula is C17H20N2O4S. The van der Waals surface area contributed by atoms with Crippen LogP contribution in [0.5, 0.6) is 0 Å². The molecule has 0 spiro atoms. The number of carbonyl (C=O) groups excluding carboxylic acids is 1. The molecule has 0 aliphatic carbocycles. The number of rotatable bonds is 5. The molecule has 0 aliphatic rings. The molecule has 0 radical (unpaired) electrons. The predicted octanol–water partition coefficient (Wildman–Crippen LogP) is 4.19. The number of esters is 1. The van der Waals surface area contributed by atoms with Crippen molar-refractivity contribution in [3.63, 3.8) is 0 Å². The van der Waals surface area contributed by atoms with Gasteiger partial charge in [0.2, 0.25) is 0 Å². The van der Waals surface area contributed by atoms with Crippen molar-refractivity contribution >= 4 is 23.4 Å². The van der Waals surface area contributed by atoms with Gasteiger partial charge in [-0.3, -0.25) is 10.1 Å². The Labute approximate surface area is 145 Å². The van der Waals surface area contributed by atoms with E-state index in [2.05, 4.69) is 0 Å². The van der Waals surface area contributed by atoms with Crippen LogP contribution in [0.25, 0.3) is 0 Å². The van der Waals surface area contributed by atoms with Crippen LogP contribution in [-0.4, -0.2) is 22.1 Å². The van der Waals surface area contributed by atoms with Gasteiger partial charge >= 0.3 is 5.97 Å². The number of carbonyl (C=O) groups is 1. The number of ether oxygens (including phenoxy) is 1. The summed E-state index contributed by atoms with van der Waals surface area (Å²) in [7, 11) is 1.82. The third kappa shape index (κ3) is 3.46. The van der Waals surface area contributed by atoms with Crippen LogP contribution in [-0.2, 0) is 11.8 Å². The van der Waals surface area contributed by atoms with E-state index in [4.69, 9.17) is 4.74 Å². The highest BCUT2D eigenvalue weighted by Crippen LogP contribution is 2.36. The van der Waals surface area contributed by atoms with Crippen molar-refractivity contribution in [1.29, 1.82) is 0 Å². The molecule has 2 rings (SSSR count). The maximum Gasteiger partial charge on any atom is 0.354 e. The van der Waals surface area contributed by atoms with Gasteiger partial charge in [0, 0.05) is 33.7 Å². The van der Waals surface area contributed by atoms with Gasteiger partial charge in [-0.15, -0.1) is 0 Å². The van der Waals surface area contributed by atoms with E-state index in [1.807, 2.05) is 14.0 Å². The van der Waals surface area contributed by atoms with Crippen LogP contribution in [0.2, 0.25) is 0 Å². The third-order valence-corrected chi connectivity index (χ3v) is 4.95. The Kier molecular flexibility index (Phi) is 5.33. The first kappa shape index (κ1) is 18.1. The van der Waals surface area contributed by atoms with E-state index in [1.165, 1.54) is 11.8 Å². The molecule has 0 fully saturated rings. The molecular weight excluding hydrogens is 328 g/mol. The Morgan fingerprint density at radius 3 is 2.33 bits per heavy atom. The van der Waals surface area contributed by atoms with Gasteiger partial charge in [0.25, 0.3) is 5.69 Å². The van der Waals surface area contributed by atoms with Crippen LogP contribution in [0.1, 0.15) is 34.2 Å². The lowest BCUT2D eigenvalue weighted by Gasteiger charge is -2.07. The highest BCUT2D eigenvalue weighted by molar-refractivity contribution is 7.99. The third-order valence-electron chi connectivity index (χ3n) is 3.85. The van der Waals surface area contributed by atoms with E-state index >= 15 is 0 Å². The number of hydrogen-bond acceptors (Lipinski definition) is 5. The molecule has 24 heavy (non-hydrogen) atoms. The summed E-state index contributed by atoms with van der Waals surface area (Å²) in [6.07, 6.45) is 0. The first-order valence-corrected chi connectivity index (χ1v) is 8.34. The summed E-state index contributed by atoms with van der Waals surface area (Å²) < 4.78 is 6.86. The van der Waals surface area contributed by atoms with E-state index < -0.39 is 0 Å². The maximum atomic E-state index is 12.0. The molecule has 0 unspecified atom stereocenters. The largest absolute Gasteiger partial charge is 0.461 e. The fourth-order valence-electron chi connectivity index (χ4n) is 2.57. The fourth-order valence-corrected chi connectivity index (χ4v) is 3.75. The minimum atomic E-state index is -0.356. The number of aryl methyl sites for hydroxylation is 2. The van der Waals surface area contributed by atoms with Gasteiger partial charge in [-0.2, -0.15) is 0 Å². The van der Waals surface area contributed by atoms with Gasteiger partial charge in [0.05, 0.1) is 11.5 Å². The molecule has 2 aromatic rings. The zero-order valence-corrected chi connectivity index (χ0v) is 15.2. The molecule has 6 nitrogen and oxygen atoms in total. The zero-order chi connectivity index (χ0) is 18.0. The zero-order valence-electron chi connectivity index (χ0n) is 14.4. The minimum absolute atomic E-state index is 0.149. The van der Waals surface area contributed by atoms with Crippen molar-refractivity contribution in [2.24, 2.45) is 7.05 Å². The van der Waals surface area contributed by atoms with Gasteiger partial charge in [-0.05, 0) is 45.9 Å². The summed E-state index contributed by atoms with van der Waals surface area (Å²) in [4.78, 5) is 24.6. The number of nitrogens with zero attached hydrogens (tertiary/aromatic N) is 2. The van der Waals surface area contributed by atoms with E-state index in [-0.39, 0.29) is 16.6 Å². The Bertz CT molecular complexity index is 788. The normalized spacial score (nSPS) is 10.7. The Hall–Kier alpha value is -2.28. The second-order valence-electron chi connectivity index (χ2n) is 5.52. The number of nitro benzene ring substituents is 1. The van der Waals surface area contributed by atoms with Crippen molar-refractivity contribution in [3.05, 3.63) is 50.8 Å². The van der Waals surface area contributed by atoms with E-state index in [1.54, 1.807) is 43.5 Å². The highest BCUT2D eigenvalue weighted by atomic mass is 32.2. The van der Waals surface area contributed by atoms with Crippen LogP contribution in [0.4, 0.5) is 5.69 Å². The van der Waals surface area contributed by atoms with Crippen LogP contribution < -0.4 is 0 Å². The second kappa shape index (κ2) is 7.09. The van der Waals surface area contributed by atoms with Crippen molar-refractivity contribution in [1.82, 2.24) is 4.57 Å². The van der Waals surface area contributed by atoms with Crippen molar-refractivity contribution < 1.29 is 14.5 Å². The molecule has 0 atom stereocenters. The quantitative estimate of drug-likeness (QED) is 0.460. The van der Waals surface area contributed by atoms with Crippen molar-refractivity contribution in [3.8, 4) is 0 Å². The SMILES string of the molecule is CCOC(=O)c1cc(Sc2cc(C)c([N+](=O)[O-])c(C)c2)c(C)n1C. The van der Waals surface area contributed by atoms with Crippen LogP contribution in [0.3, 0.4) is 0 Å². The average molecular weight is 348 g/mol. The first-order valence-electron chi connectivity index (χ1n) is 7.53. The molecule has 0 saturated carbocycles. The first-order chi connectivity index (χ1) is 11.3. The van der Waals surface area contributed by atoms with E-state index in [0.29, 0.717) is 23.4 Å².